The molecule has 1 aromatic heterocycles. The van der Waals surface area contributed by atoms with Crippen molar-refractivity contribution in [1.29, 1.82) is 0 Å². The Hall–Kier alpha value is -2.16. The minimum Gasteiger partial charge on any atom is -0.274 e. The zero-order chi connectivity index (χ0) is 19.6. The molecule has 1 N–H and O–H groups in total. The summed E-state index contributed by atoms with van der Waals surface area (Å²) in [6, 6.07) is 14.9. The molecule has 27 heavy (non-hydrogen) atoms. The maximum absolute atomic E-state index is 12.4. The molecule has 0 bridgehead atoms. The van der Waals surface area contributed by atoms with Crippen molar-refractivity contribution in [3.05, 3.63) is 75.5 Å². The molecule has 0 aliphatic heterocycles. The summed E-state index contributed by atoms with van der Waals surface area (Å²) >= 11 is 9.21. The predicted octanol–water partition coefficient (Wildman–Crippen LogP) is 3.64. The van der Waals surface area contributed by atoms with E-state index in [1.54, 1.807) is 11.6 Å². The average molecular weight is 469 g/mol. The molecule has 0 atom stereocenters. The second-order valence-corrected chi connectivity index (χ2v) is 8.66. The highest BCUT2D eigenvalue weighted by molar-refractivity contribution is 9.10. The predicted molar refractivity (Wildman–Crippen MR) is 106 cm³/mol. The van der Waals surface area contributed by atoms with Crippen LogP contribution in [0.2, 0.25) is 5.02 Å². The number of hydrogen-bond acceptors (Lipinski definition) is 4. The normalized spacial score (nSPS) is 11.4. The van der Waals surface area contributed by atoms with Gasteiger partial charge in [-0.2, -0.15) is 5.10 Å². The molecule has 6 nitrogen and oxygen atoms in total. The number of benzene rings is 2. The third kappa shape index (κ3) is 4.40. The summed E-state index contributed by atoms with van der Waals surface area (Å²) < 4.78 is 29.1. The highest BCUT2D eigenvalue weighted by atomic mass is 79.9. The molecule has 140 valence electrons. The van der Waals surface area contributed by atoms with Gasteiger partial charge in [0, 0.05) is 5.02 Å². The van der Waals surface area contributed by atoms with Gasteiger partial charge in [-0.1, -0.05) is 29.8 Å². The van der Waals surface area contributed by atoms with Gasteiger partial charge in [-0.05, 0) is 59.3 Å². The molecule has 0 spiro atoms. The van der Waals surface area contributed by atoms with Crippen molar-refractivity contribution in [2.45, 2.75) is 18.2 Å². The molecule has 2 aromatic carbocycles. The van der Waals surface area contributed by atoms with Crippen LogP contribution in [0.5, 0.6) is 0 Å². The van der Waals surface area contributed by atoms with Crippen LogP contribution in [0.3, 0.4) is 0 Å². The smallest absolute Gasteiger partial charge is 0.264 e. The van der Waals surface area contributed by atoms with Gasteiger partial charge in [0.25, 0.3) is 10.0 Å². The van der Waals surface area contributed by atoms with E-state index in [0.29, 0.717) is 20.9 Å². The van der Waals surface area contributed by atoms with Gasteiger partial charge < -0.3 is 0 Å². The standard InChI is InChI=1S/C18H15BrClN3O3S/c1-12-18(19)16(23(21-12)14-5-3-2-4-6-14)11-17(24)22-27(25,26)15-9-7-13(20)8-10-15/h2-10H,11H2,1H3,(H,22,24). The Morgan fingerprint density at radius 2 is 1.78 bits per heavy atom. The SMILES string of the molecule is Cc1nn(-c2ccccc2)c(CC(=O)NS(=O)(=O)c2ccc(Cl)cc2)c1Br. The zero-order valence-corrected chi connectivity index (χ0v) is 17.3. The number of hydrogen-bond donors (Lipinski definition) is 1. The van der Waals surface area contributed by atoms with E-state index in [0.717, 1.165) is 5.69 Å². The Labute approximate surface area is 170 Å². The van der Waals surface area contributed by atoms with Crippen molar-refractivity contribution in [2.75, 3.05) is 0 Å². The molecular formula is C18H15BrClN3O3S. The number of amides is 1. The Morgan fingerprint density at radius 1 is 1.15 bits per heavy atom. The lowest BCUT2D eigenvalue weighted by Gasteiger charge is -2.10. The molecule has 0 saturated carbocycles. The third-order valence-electron chi connectivity index (χ3n) is 3.78. The Bertz CT molecular complexity index is 1080. The minimum absolute atomic E-state index is 0.0351. The number of rotatable bonds is 5. The van der Waals surface area contributed by atoms with E-state index in [9.17, 15) is 13.2 Å². The van der Waals surface area contributed by atoms with Crippen molar-refractivity contribution in [3.63, 3.8) is 0 Å². The van der Waals surface area contributed by atoms with Gasteiger partial charge in [0.2, 0.25) is 5.91 Å². The van der Waals surface area contributed by atoms with Crippen molar-refractivity contribution in [2.24, 2.45) is 0 Å². The first-order chi connectivity index (χ1) is 12.8. The van der Waals surface area contributed by atoms with Crippen LogP contribution in [0.15, 0.2) is 64.0 Å². The summed E-state index contributed by atoms with van der Waals surface area (Å²) in [6.45, 7) is 1.80. The number of nitrogens with zero attached hydrogens (tertiary/aromatic N) is 2. The van der Waals surface area contributed by atoms with Gasteiger partial charge in [-0.25, -0.2) is 17.8 Å². The van der Waals surface area contributed by atoms with Crippen LogP contribution < -0.4 is 4.72 Å². The van der Waals surface area contributed by atoms with Crippen molar-refractivity contribution >= 4 is 43.5 Å². The molecule has 0 radical (unpaired) electrons. The largest absolute Gasteiger partial charge is 0.274 e. The monoisotopic (exact) mass is 467 g/mol. The first-order valence-electron chi connectivity index (χ1n) is 7.88. The van der Waals surface area contributed by atoms with E-state index in [2.05, 4.69) is 25.8 Å². The third-order valence-corrected chi connectivity index (χ3v) is 6.45. The molecule has 3 rings (SSSR count). The van der Waals surface area contributed by atoms with Gasteiger partial charge in [-0.15, -0.1) is 0 Å². The fourth-order valence-corrected chi connectivity index (χ4v) is 4.00. The van der Waals surface area contributed by atoms with Crippen LogP contribution in [-0.2, 0) is 21.2 Å². The van der Waals surface area contributed by atoms with Gasteiger partial charge in [0.1, 0.15) is 0 Å². The van der Waals surface area contributed by atoms with Crippen LogP contribution in [0.4, 0.5) is 0 Å². The molecule has 0 fully saturated rings. The lowest BCUT2D eigenvalue weighted by atomic mass is 10.2. The van der Waals surface area contributed by atoms with Crippen molar-refractivity contribution in [3.8, 4) is 5.69 Å². The summed E-state index contributed by atoms with van der Waals surface area (Å²) in [5.41, 5.74) is 2.03. The summed E-state index contributed by atoms with van der Waals surface area (Å²) in [6.07, 6.45) is -0.164. The van der Waals surface area contributed by atoms with E-state index < -0.39 is 15.9 Å². The second-order valence-electron chi connectivity index (χ2n) is 5.75. The summed E-state index contributed by atoms with van der Waals surface area (Å²) in [7, 11) is -3.98. The van der Waals surface area contributed by atoms with E-state index in [-0.39, 0.29) is 11.3 Å². The Morgan fingerprint density at radius 3 is 2.41 bits per heavy atom. The number of carbonyl (C=O) groups excluding carboxylic acids is 1. The fourth-order valence-electron chi connectivity index (χ4n) is 2.50. The molecule has 0 aliphatic carbocycles. The van der Waals surface area contributed by atoms with Crippen molar-refractivity contribution < 1.29 is 13.2 Å². The molecule has 0 aliphatic rings. The Kier molecular flexibility index (Phi) is 5.69. The number of aromatic nitrogens is 2. The number of para-hydroxylation sites is 1. The maximum Gasteiger partial charge on any atom is 0.264 e. The first kappa shape index (κ1) is 19.6. The second kappa shape index (κ2) is 7.84. The van der Waals surface area contributed by atoms with Crippen molar-refractivity contribution in [1.82, 2.24) is 14.5 Å². The van der Waals surface area contributed by atoms with E-state index in [4.69, 9.17) is 11.6 Å². The minimum atomic E-state index is -3.98. The zero-order valence-electron chi connectivity index (χ0n) is 14.2. The van der Waals surface area contributed by atoms with Gasteiger partial charge in [0.05, 0.1) is 32.9 Å². The topological polar surface area (TPSA) is 81.1 Å². The fraction of sp³-hybridized carbons (Fsp3) is 0.111. The number of aryl methyl sites for hydroxylation is 1. The highest BCUT2D eigenvalue weighted by Crippen LogP contribution is 2.24. The number of nitrogens with one attached hydrogen (secondary N) is 1. The summed E-state index contributed by atoms with van der Waals surface area (Å²) in [5.74, 6) is -0.664. The summed E-state index contributed by atoms with van der Waals surface area (Å²) in [5, 5.41) is 4.83. The van der Waals surface area contributed by atoms with Crippen LogP contribution in [0.1, 0.15) is 11.4 Å². The molecule has 1 heterocycles. The molecule has 0 unspecified atom stereocenters. The number of halogens is 2. The van der Waals surface area contributed by atoms with Crippen LogP contribution in [-0.4, -0.2) is 24.1 Å². The Balaban J connectivity index is 1.85. The average Bonchev–Trinajstić information content (AvgIpc) is 2.91. The van der Waals surface area contributed by atoms with Crippen LogP contribution in [0.25, 0.3) is 5.69 Å². The molecular weight excluding hydrogens is 454 g/mol. The molecule has 1 amide bonds. The van der Waals surface area contributed by atoms with Gasteiger partial charge >= 0.3 is 0 Å². The van der Waals surface area contributed by atoms with Gasteiger partial charge in [-0.3, -0.25) is 4.79 Å². The van der Waals surface area contributed by atoms with Crippen LogP contribution >= 0.6 is 27.5 Å². The molecule has 9 heteroatoms. The first-order valence-corrected chi connectivity index (χ1v) is 10.5. The molecule has 3 aromatic rings. The maximum atomic E-state index is 12.4. The highest BCUT2D eigenvalue weighted by Gasteiger charge is 2.22. The number of carbonyl (C=O) groups is 1. The lowest BCUT2D eigenvalue weighted by Crippen LogP contribution is -2.32. The van der Waals surface area contributed by atoms with Gasteiger partial charge in [0.15, 0.2) is 0 Å². The summed E-state index contributed by atoms with van der Waals surface area (Å²) in [4.78, 5) is 12.4. The quantitative estimate of drug-likeness (QED) is 0.620. The van der Waals surface area contributed by atoms with E-state index >= 15 is 0 Å². The molecule has 0 saturated heterocycles. The van der Waals surface area contributed by atoms with E-state index in [1.165, 1.54) is 24.3 Å². The van der Waals surface area contributed by atoms with E-state index in [1.807, 2.05) is 30.3 Å². The lowest BCUT2D eigenvalue weighted by molar-refractivity contribution is -0.118. The number of sulfonamides is 1. The van der Waals surface area contributed by atoms with Crippen LogP contribution in [0, 0.1) is 6.92 Å².